The zero-order chi connectivity index (χ0) is 17.4. The van der Waals surface area contributed by atoms with Crippen LogP contribution in [0.5, 0.6) is 0 Å². The van der Waals surface area contributed by atoms with Crippen LogP contribution in [0.25, 0.3) is 0 Å². The molecule has 5 heteroatoms. The number of nitrogens with zero attached hydrogens (tertiary/aromatic N) is 3. The zero-order valence-corrected chi connectivity index (χ0v) is 14.9. The van der Waals surface area contributed by atoms with E-state index in [2.05, 4.69) is 27.8 Å². The Kier molecular flexibility index (Phi) is 4.34. The maximum atomic E-state index is 12.5. The highest BCUT2D eigenvalue weighted by Gasteiger charge is 2.43. The smallest absolute Gasteiger partial charge is 0.223 e. The van der Waals surface area contributed by atoms with E-state index in [1.807, 2.05) is 25.3 Å². The number of aromatic nitrogens is 1. The quantitative estimate of drug-likeness (QED) is 0.859. The van der Waals surface area contributed by atoms with Gasteiger partial charge in [0.15, 0.2) is 0 Å². The van der Waals surface area contributed by atoms with Crippen molar-refractivity contribution in [3.8, 4) is 0 Å². The number of likely N-dealkylation sites (tertiary alicyclic amines) is 2. The van der Waals surface area contributed by atoms with Crippen LogP contribution >= 0.6 is 0 Å². The molecule has 2 aromatic heterocycles. The van der Waals surface area contributed by atoms with Crippen LogP contribution in [0.2, 0.25) is 0 Å². The molecule has 0 aromatic carbocycles. The summed E-state index contributed by atoms with van der Waals surface area (Å²) in [7, 11) is 0. The van der Waals surface area contributed by atoms with Gasteiger partial charge in [0.2, 0.25) is 5.91 Å². The van der Waals surface area contributed by atoms with E-state index in [-0.39, 0.29) is 5.91 Å². The predicted octanol–water partition coefficient (Wildman–Crippen LogP) is 3.06. The lowest BCUT2D eigenvalue weighted by Crippen LogP contribution is -2.51. The lowest BCUT2D eigenvalue weighted by atomic mass is 9.95. The van der Waals surface area contributed by atoms with Crippen LogP contribution in [0.1, 0.15) is 41.9 Å². The van der Waals surface area contributed by atoms with Crippen molar-refractivity contribution < 1.29 is 9.21 Å². The van der Waals surface area contributed by atoms with E-state index in [4.69, 9.17) is 4.42 Å². The van der Waals surface area contributed by atoms with E-state index in [0.717, 1.165) is 43.0 Å². The van der Waals surface area contributed by atoms with Crippen LogP contribution in [0.4, 0.5) is 0 Å². The van der Waals surface area contributed by atoms with Gasteiger partial charge in [-0.2, -0.15) is 0 Å². The number of carbonyl (C=O) groups excluding carboxylic acids is 1. The van der Waals surface area contributed by atoms with Gasteiger partial charge in [-0.05, 0) is 49.9 Å². The third-order valence-corrected chi connectivity index (χ3v) is 5.65. The van der Waals surface area contributed by atoms with Crippen LogP contribution in [0.15, 0.2) is 35.0 Å². The number of hydrogen-bond donors (Lipinski definition) is 0. The second kappa shape index (κ2) is 6.64. The first-order valence-corrected chi connectivity index (χ1v) is 9.10. The fourth-order valence-electron chi connectivity index (χ4n) is 4.26. The molecule has 2 atom stereocenters. The molecule has 0 radical (unpaired) electrons. The number of aryl methyl sites for hydroxylation is 2. The van der Waals surface area contributed by atoms with Gasteiger partial charge in [-0.1, -0.05) is 6.07 Å². The molecule has 4 rings (SSSR count). The minimum absolute atomic E-state index is 0.275. The minimum Gasteiger partial charge on any atom is -0.465 e. The van der Waals surface area contributed by atoms with Crippen LogP contribution in [0.3, 0.4) is 0 Å². The van der Waals surface area contributed by atoms with Gasteiger partial charge in [-0.25, -0.2) is 0 Å². The number of hydrogen-bond acceptors (Lipinski definition) is 4. The summed E-state index contributed by atoms with van der Waals surface area (Å²) < 4.78 is 5.87. The number of carbonyl (C=O) groups is 1. The Morgan fingerprint density at radius 1 is 1.24 bits per heavy atom. The van der Waals surface area contributed by atoms with Crippen LogP contribution < -0.4 is 0 Å². The van der Waals surface area contributed by atoms with Gasteiger partial charge in [0, 0.05) is 44.0 Å². The summed E-state index contributed by atoms with van der Waals surface area (Å²) in [5.41, 5.74) is 2.31. The van der Waals surface area contributed by atoms with Crippen molar-refractivity contribution >= 4 is 5.91 Å². The third-order valence-electron chi connectivity index (χ3n) is 5.65. The lowest BCUT2D eigenvalue weighted by Gasteiger charge is -2.39. The number of pyridine rings is 1. The largest absolute Gasteiger partial charge is 0.465 e. The van der Waals surface area contributed by atoms with Crippen molar-refractivity contribution in [3.63, 3.8) is 0 Å². The molecule has 2 aliphatic heterocycles. The van der Waals surface area contributed by atoms with Gasteiger partial charge in [0.05, 0.1) is 6.54 Å². The number of piperidine rings is 1. The Balaban J connectivity index is 1.48. The predicted molar refractivity (Wildman–Crippen MR) is 94.8 cm³/mol. The van der Waals surface area contributed by atoms with E-state index in [9.17, 15) is 4.79 Å². The van der Waals surface area contributed by atoms with E-state index >= 15 is 0 Å². The van der Waals surface area contributed by atoms with Gasteiger partial charge in [0.25, 0.3) is 0 Å². The zero-order valence-electron chi connectivity index (χ0n) is 14.9. The molecule has 0 saturated carbocycles. The molecule has 1 amide bonds. The number of amides is 1. The van der Waals surface area contributed by atoms with Gasteiger partial charge < -0.3 is 9.32 Å². The lowest BCUT2D eigenvalue weighted by molar-refractivity contribution is -0.138. The van der Waals surface area contributed by atoms with Gasteiger partial charge in [0.1, 0.15) is 11.5 Å². The van der Waals surface area contributed by atoms with Crippen LogP contribution in [-0.2, 0) is 17.9 Å². The molecule has 2 saturated heterocycles. The summed E-state index contributed by atoms with van der Waals surface area (Å²) in [6, 6.07) is 6.86. The van der Waals surface area contributed by atoms with Crippen molar-refractivity contribution in [1.82, 2.24) is 14.8 Å². The Labute approximate surface area is 148 Å². The molecular formula is C20H25N3O2. The Hall–Kier alpha value is -2.14. The number of furan rings is 1. The summed E-state index contributed by atoms with van der Waals surface area (Å²) in [5, 5.41) is 0. The second-order valence-electron chi connectivity index (χ2n) is 7.27. The molecule has 0 unspecified atom stereocenters. The molecule has 2 fully saturated rings. The first-order valence-electron chi connectivity index (χ1n) is 9.10. The average molecular weight is 339 g/mol. The van der Waals surface area contributed by atoms with Gasteiger partial charge in [-0.3, -0.25) is 14.7 Å². The average Bonchev–Trinajstić information content (AvgIpc) is 3.15. The SMILES string of the molecule is Cc1cc(CN2CC[C@H]3[C@@H]2CCC(=O)N3Cc2cccnc2)oc1C. The Bertz CT molecular complexity index is 736. The van der Waals surface area contributed by atoms with E-state index in [0.29, 0.717) is 25.0 Å². The van der Waals surface area contributed by atoms with E-state index in [1.54, 1.807) is 6.20 Å². The maximum Gasteiger partial charge on any atom is 0.223 e. The Morgan fingerprint density at radius 2 is 2.12 bits per heavy atom. The van der Waals surface area contributed by atoms with Crippen molar-refractivity contribution in [2.24, 2.45) is 0 Å². The molecule has 0 spiro atoms. The summed E-state index contributed by atoms with van der Waals surface area (Å²) in [4.78, 5) is 21.3. The minimum atomic E-state index is 0.275. The molecular weight excluding hydrogens is 314 g/mol. The molecule has 132 valence electrons. The maximum absolute atomic E-state index is 12.5. The summed E-state index contributed by atoms with van der Waals surface area (Å²) in [6.45, 7) is 6.63. The van der Waals surface area contributed by atoms with Crippen molar-refractivity contribution in [3.05, 3.63) is 53.2 Å². The van der Waals surface area contributed by atoms with E-state index in [1.165, 1.54) is 5.56 Å². The highest BCUT2D eigenvalue weighted by atomic mass is 16.3. The fourth-order valence-corrected chi connectivity index (χ4v) is 4.26. The topological polar surface area (TPSA) is 49.6 Å². The summed E-state index contributed by atoms with van der Waals surface area (Å²) >= 11 is 0. The molecule has 5 nitrogen and oxygen atoms in total. The first-order chi connectivity index (χ1) is 12.1. The highest BCUT2D eigenvalue weighted by molar-refractivity contribution is 5.77. The third kappa shape index (κ3) is 3.21. The summed E-state index contributed by atoms with van der Waals surface area (Å²) in [6.07, 6.45) is 6.25. The van der Waals surface area contributed by atoms with Gasteiger partial charge in [-0.15, -0.1) is 0 Å². The fraction of sp³-hybridized carbons (Fsp3) is 0.500. The molecule has 25 heavy (non-hydrogen) atoms. The first kappa shape index (κ1) is 16.3. The molecule has 0 bridgehead atoms. The molecule has 2 aromatic rings. The number of fused-ring (bicyclic) bond motifs is 1. The Morgan fingerprint density at radius 3 is 2.84 bits per heavy atom. The number of rotatable bonds is 4. The monoisotopic (exact) mass is 339 g/mol. The molecule has 4 heterocycles. The molecule has 0 N–H and O–H groups in total. The molecule has 0 aliphatic carbocycles. The van der Waals surface area contributed by atoms with Crippen molar-refractivity contribution in [1.29, 1.82) is 0 Å². The molecule has 2 aliphatic rings. The van der Waals surface area contributed by atoms with E-state index < -0.39 is 0 Å². The van der Waals surface area contributed by atoms with Gasteiger partial charge >= 0.3 is 0 Å². The standard InChI is InChI=1S/C20H25N3O2/c1-14-10-17(25-15(14)2)13-22-9-7-19-18(22)5-6-20(24)23(19)12-16-4-3-8-21-11-16/h3-4,8,10-11,18-19H,5-7,9,12-13H2,1-2H3/t18-,19-/m0/s1. The van der Waals surface area contributed by atoms with Crippen LogP contribution in [-0.4, -0.2) is 39.3 Å². The summed E-state index contributed by atoms with van der Waals surface area (Å²) in [5.74, 6) is 2.31. The second-order valence-corrected chi connectivity index (χ2v) is 7.27. The van der Waals surface area contributed by atoms with Crippen LogP contribution in [0, 0.1) is 13.8 Å². The normalized spacial score (nSPS) is 23.9. The highest BCUT2D eigenvalue weighted by Crippen LogP contribution is 2.33. The van der Waals surface area contributed by atoms with Crippen molar-refractivity contribution in [2.45, 2.75) is 58.3 Å². The van der Waals surface area contributed by atoms with Crippen molar-refractivity contribution in [2.75, 3.05) is 6.54 Å².